The van der Waals surface area contributed by atoms with Crippen molar-refractivity contribution in [2.45, 2.75) is 59.0 Å². The highest BCUT2D eigenvalue weighted by molar-refractivity contribution is 6.06. The van der Waals surface area contributed by atoms with E-state index in [0.29, 0.717) is 41.6 Å². The molecule has 0 spiro atoms. The number of hydrogen-bond donors (Lipinski definition) is 1. The number of nitrogens with zero attached hydrogens (tertiary/aromatic N) is 5. The Kier molecular flexibility index (Phi) is 7.00. The number of carbonyl (C=O) groups is 2. The highest BCUT2D eigenvalue weighted by atomic mass is 19.1. The van der Waals surface area contributed by atoms with Crippen molar-refractivity contribution < 1.29 is 18.7 Å². The summed E-state index contributed by atoms with van der Waals surface area (Å²) in [5.74, 6) is -0.608. The number of aromatic nitrogens is 2. The normalized spacial score (nSPS) is 20.2. The van der Waals surface area contributed by atoms with Crippen molar-refractivity contribution in [2.24, 2.45) is 16.3 Å². The summed E-state index contributed by atoms with van der Waals surface area (Å²) in [5.41, 5.74) is 0.362. The molecule has 0 bridgehead atoms. The van der Waals surface area contributed by atoms with Crippen molar-refractivity contribution in [1.82, 2.24) is 20.1 Å². The number of nitrogens with one attached hydrogen (secondary N) is 1. The summed E-state index contributed by atoms with van der Waals surface area (Å²) in [6.45, 7) is 9.06. The molecule has 0 fully saturated rings. The van der Waals surface area contributed by atoms with Crippen LogP contribution in [0, 0.1) is 11.7 Å². The van der Waals surface area contributed by atoms with Crippen LogP contribution in [0.3, 0.4) is 0 Å². The Morgan fingerprint density at radius 1 is 1.26 bits per heavy atom. The molecule has 0 aliphatic carbocycles. The zero-order chi connectivity index (χ0) is 25.2. The molecule has 9 nitrogen and oxygen atoms in total. The minimum absolute atomic E-state index is 0.0726. The lowest BCUT2D eigenvalue weighted by Gasteiger charge is -2.38. The number of benzene rings is 1. The van der Waals surface area contributed by atoms with Crippen LogP contribution in [0.25, 0.3) is 5.57 Å². The zero-order valence-electron chi connectivity index (χ0n) is 20.5. The summed E-state index contributed by atoms with van der Waals surface area (Å²) in [6, 6.07) is 6.49. The van der Waals surface area contributed by atoms with Crippen LogP contribution < -0.4 is 10.1 Å². The molecule has 10 heteroatoms. The van der Waals surface area contributed by atoms with E-state index in [4.69, 9.17) is 4.74 Å². The summed E-state index contributed by atoms with van der Waals surface area (Å²) in [7, 11) is 0. The van der Waals surface area contributed by atoms with Gasteiger partial charge in [-0.1, -0.05) is 38.5 Å². The molecule has 2 aromatic rings. The van der Waals surface area contributed by atoms with E-state index in [1.165, 1.54) is 6.07 Å². The summed E-state index contributed by atoms with van der Waals surface area (Å²) in [5, 5.41) is 16.2. The maximum Gasteiger partial charge on any atom is 0.272 e. The number of halogens is 1. The van der Waals surface area contributed by atoms with E-state index in [9.17, 15) is 9.59 Å². The van der Waals surface area contributed by atoms with Gasteiger partial charge in [0.15, 0.2) is 0 Å². The van der Waals surface area contributed by atoms with Gasteiger partial charge in [-0.3, -0.25) is 14.3 Å². The summed E-state index contributed by atoms with van der Waals surface area (Å²) in [4.78, 5) is 25.8. The van der Waals surface area contributed by atoms with Crippen LogP contribution in [0.5, 0.6) is 5.75 Å². The number of amides is 2. The third-order valence-electron chi connectivity index (χ3n) is 6.03. The van der Waals surface area contributed by atoms with Crippen LogP contribution in [0.1, 0.15) is 58.2 Å². The van der Waals surface area contributed by atoms with Crippen LogP contribution in [-0.4, -0.2) is 39.8 Å². The molecule has 0 saturated heterocycles. The summed E-state index contributed by atoms with van der Waals surface area (Å²) < 4.78 is 22.7. The molecule has 2 aliphatic heterocycles. The van der Waals surface area contributed by atoms with Gasteiger partial charge in [0.2, 0.25) is 0 Å². The molecule has 1 aromatic carbocycles. The minimum atomic E-state index is -1.08. The Balaban J connectivity index is 1.73. The number of rotatable bonds is 9. The molecule has 1 unspecified atom stereocenters. The van der Waals surface area contributed by atoms with Gasteiger partial charge < -0.3 is 10.1 Å². The summed E-state index contributed by atoms with van der Waals surface area (Å²) in [6.07, 6.45) is 3.90. The Morgan fingerprint density at radius 2 is 2.06 bits per heavy atom. The van der Waals surface area contributed by atoms with E-state index in [-0.39, 0.29) is 18.7 Å². The van der Waals surface area contributed by atoms with Gasteiger partial charge >= 0.3 is 0 Å². The lowest BCUT2D eigenvalue weighted by atomic mass is 9.80. The van der Waals surface area contributed by atoms with E-state index in [1.54, 1.807) is 29.8 Å². The maximum absolute atomic E-state index is 15.3. The molecular formula is C25H31FN6O3. The molecule has 1 N–H and O–H groups in total. The van der Waals surface area contributed by atoms with Gasteiger partial charge in [0.1, 0.15) is 23.8 Å². The molecule has 35 heavy (non-hydrogen) atoms. The van der Waals surface area contributed by atoms with E-state index in [0.717, 1.165) is 17.9 Å². The van der Waals surface area contributed by atoms with Gasteiger partial charge in [0, 0.05) is 36.4 Å². The van der Waals surface area contributed by atoms with Crippen molar-refractivity contribution in [3.05, 3.63) is 53.2 Å². The molecule has 3 heterocycles. The van der Waals surface area contributed by atoms with Crippen molar-refractivity contribution in [3.63, 3.8) is 0 Å². The Hall–Kier alpha value is -3.56. The van der Waals surface area contributed by atoms with Crippen LogP contribution >= 0.6 is 0 Å². The van der Waals surface area contributed by atoms with E-state index >= 15 is 4.39 Å². The van der Waals surface area contributed by atoms with Crippen LogP contribution in [-0.2, 0) is 21.7 Å². The lowest BCUT2D eigenvalue weighted by molar-refractivity contribution is -0.130. The topological polar surface area (TPSA) is 101 Å². The molecular weight excluding hydrogens is 451 g/mol. The Morgan fingerprint density at radius 3 is 2.71 bits per heavy atom. The van der Waals surface area contributed by atoms with Crippen molar-refractivity contribution in [1.29, 1.82) is 0 Å². The first-order chi connectivity index (χ1) is 16.7. The largest absolute Gasteiger partial charge is 0.493 e. The zero-order valence-corrected chi connectivity index (χ0v) is 20.5. The monoisotopic (exact) mass is 482 g/mol. The van der Waals surface area contributed by atoms with Crippen molar-refractivity contribution in [2.75, 3.05) is 13.2 Å². The fourth-order valence-corrected chi connectivity index (χ4v) is 4.33. The van der Waals surface area contributed by atoms with E-state index < -0.39 is 23.2 Å². The second kappa shape index (κ2) is 9.97. The molecule has 4 rings (SSSR count). The molecule has 0 radical (unpaired) electrons. The van der Waals surface area contributed by atoms with Gasteiger partial charge in [-0.2, -0.15) is 15.2 Å². The predicted molar refractivity (Wildman–Crippen MR) is 127 cm³/mol. The molecule has 2 amide bonds. The van der Waals surface area contributed by atoms with Crippen LogP contribution in [0.2, 0.25) is 0 Å². The number of ether oxygens (including phenoxy) is 1. The van der Waals surface area contributed by atoms with Gasteiger partial charge in [-0.25, -0.2) is 4.39 Å². The van der Waals surface area contributed by atoms with Gasteiger partial charge in [0.25, 0.3) is 11.8 Å². The van der Waals surface area contributed by atoms with Crippen LogP contribution in [0.4, 0.5) is 4.39 Å². The quantitative estimate of drug-likeness (QED) is 0.541. The average molecular weight is 483 g/mol. The second-order valence-electron chi connectivity index (χ2n) is 9.55. The molecule has 1 aromatic heterocycles. The lowest BCUT2D eigenvalue weighted by Crippen LogP contribution is -2.51. The number of unbranched alkanes of at least 4 members (excludes halogenated alkanes) is 1. The number of hydrogen-bond acceptors (Lipinski definition) is 6. The van der Waals surface area contributed by atoms with Gasteiger partial charge in [-0.15, -0.1) is 0 Å². The predicted octanol–water partition coefficient (Wildman–Crippen LogP) is 4.21. The van der Waals surface area contributed by atoms with Crippen LogP contribution in [0.15, 0.2) is 46.5 Å². The average Bonchev–Trinajstić information content (AvgIpc) is 3.42. The molecule has 2 aliphatic rings. The van der Waals surface area contributed by atoms with Gasteiger partial charge in [0.05, 0.1) is 17.8 Å². The molecule has 0 saturated carbocycles. The highest BCUT2D eigenvalue weighted by Gasteiger charge is 2.43. The van der Waals surface area contributed by atoms with Gasteiger partial charge in [-0.05, 0) is 31.4 Å². The molecule has 1 atom stereocenters. The highest BCUT2D eigenvalue weighted by Crippen LogP contribution is 2.41. The fourth-order valence-electron chi connectivity index (χ4n) is 4.33. The third kappa shape index (κ3) is 5.11. The maximum atomic E-state index is 15.3. The second-order valence-corrected chi connectivity index (χ2v) is 9.55. The van der Waals surface area contributed by atoms with Crippen molar-refractivity contribution in [3.8, 4) is 5.75 Å². The first-order valence-corrected chi connectivity index (χ1v) is 11.9. The summed E-state index contributed by atoms with van der Waals surface area (Å²) >= 11 is 0. The Bertz CT molecular complexity index is 1190. The molecule has 186 valence electrons. The Labute approximate surface area is 204 Å². The van der Waals surface area contributed by atoms with E-state index in [2.05, 4.69) is 41.5 Å². The SMILES string of the molecule is CCCCOc1ccc(C2(C)CC(c3ccn(CC(C)C)n3)=C(N3N=NCC3=O)C(=O)N2)c(F)c1. The third-order valence-corrected chi connectivity index (χ3v) is 6.03. The first kappa shape index (κ1) is 24.6. The standard InChI is InChI=1S/C25H31FN6O3/c1-5-6-11-35-17-7-8-19(20(26)12-17)25(4)13-18(21-9-10-31(29-21)15-16(2)3)23(24(34)28-25)32-22(33)14-27-30-32/h7-10,12,16H,5-6,11,13-15H2,1-4H3,(H,28,34). The smallest absolute Gasteiger partial charge is 0.272 e. The first-order valence-electron chi connectivity index (χ1n) is 11.9. The van der Waals surface area contributed by atoms with Crippen molar-refractivity contribution >= 4 is 17.4 Å². The minimum Gasteiger partial charge on any atom is -0.493 e. The number of carbonyl (C=O) groups excluding carboxylic acids is 2. The van der Waals surface area contributed by atoms with E-state index in [1.807, 2.05) is 6.20 Å². The fraction of sp³-hybridized carbons (Fsp3) is 0.480.